The van der Waals surface area contributed by atoms with E-state index in [0.717, 1.165) is 5.56 Å². The zero-order valence-corrected chi connectivity index (χ0v) is 14.2. The Morgan fingerprint density at radius 1 is 1.29 bits per heavy atom. The molecule has 2 N–H and O–H groups in total. The van der Waals surface area contributed by atoms with E-state index in [-0.39, 0.29) is 50.2 Å². The van der Waals surface area contributed by atoms with Gasteiger partial charge in [-0.3, -0.25) is 0 Å². The molecule has 0 bridgehead atoms. The molecule has 1 rings (SSSR count). The number of phenols is 1. The monoisotopic (exact) mass is 471 g/mol. The minimum absolute atomic E-state index is 0. The van der Waals surface area contributed by atoms with Crippen molar-refractivity contribution < 1.29 is 54.3 Å². The summed E-state index contributed by atoms with van der Waals surface area (Å²) in [6.07, 6.45) is 1.04. The van der Waals surface area contributed by atoms with Gasteiger partial charge >= 0.3 is 0 Å². The molecule has 0 aliphatic carbocycles. The maximum atomic E-state index is 9.40. The first-order chi connectivity index (χ1) is 6.24. The van der Waals surface area contributed by atoms with E-state index in [4.69, 9.17) is 0 Å². The summed E-state index contributed by atoms with van der Waals surface area (Å²) >= 11 is 3.19. The van der Waals surface area contributed by atoms with Crippen LogP contribution >= 0.6 is 15.9 Å². The minimum atomic E-state index is -0.334. The quantitative estimate of drug-likeness (QED) is 0.660. The average molecular weight is 472 g/mol. The van der Waals surface area contributed by atoms with Gasteiger partial charge in [-0.1, -0.05) is 34.1 Å². The Kier molecular flexibility index (Phi) is 8.62. The summed E-state index contributed by atoms with van der Waals surface area (Å²) in [5, 5.41) is 19.3. The molecule has 0 saturated carbocycles. The number of aliphatic hydroxyl groups excluding tert-OH is 1. The van der Waals surface area contributed by atoms with Gasteiger partial charge in [0.1, 0.15) is 5.75 Å². The fraction of sp³-hybridized carbons (Fsp3) is 0.400. The molecular formula is C10H13AcBrO2. The van der Waals surface area contributed by atoms with Gasteiger partial charge in [-0.2, -0.15) is 0 Å². The fourth-order valence-electron chi connectivity index (χ4n) is 1.12. The Morgan fingerprint density at radius 2 is 1.93 bits per heavy atom. The second-order valence-corrected chi connectivity index (χ2v) is 3.62. The van der Waals surface area contributed by atoms with Crippen molar-refractivity contribution in [2.24, 2.45) is 0 Å². The van der Waals surface area contributed by atoms with Crippen LogP contribution in [0.1, 0.15) is 12.0 Å². The summed E-state index contributed by atoms with van der Waals surface area (Å²) in [4.78, 5) is 0. The standard InChI is InChI=1S/C10H13BrO2.Ac/c11-7-9(12)6-5-8-3-1-2-4-10(8)13;/h1-4,9,12-13H,5-7H2;. The molecule has 1 aromatic rings. The Bertz CT molecular complexity index is 268. The smallest absolute Gasteiger partial charge is 0.118 e. The molecule has 0 saturated heterocycles. The van der Waals surface area contributed by atoms with Crippen LogP contribution in [0, 0.1) is 44.1 Å². The molecule has 1 atom stereocenters. The summed E-state index contributed by atoms with van der Waals surface area (Å²) in [7, 11) is 0. The number of hydrogen-bond donors (Lipinski definition) is 2. The molecule has 1 radical (unpaired) electrons. The molecule has 1 aromatic carbocycles. The van der Waals surface area contributed by atoms with E-state index in [1.807, 2.05) is 12.1 Å². The van der Waals surface area contributed by atoms with Gasteiger partial charge in [0.25, 0.3) is 0 Å². The van der Waals surface area contributed by atoms with Crippen molar-refractivity contribution in [3.05, 3.63) is 29.8 Å². The van der Waals surface area contributed by atoms with Crippen LogP contribution in [0.25, 0.3) is 0 Å². The van der Waals surface area contributed by atoms with Crippen LogP contribution in [0.4, 0.5) is 0 Å². The first-order valence-electron chi connectivity index (χ1n) is 4.25. The topological polar surface area (TPSA) is 40.5 Å². The van der Waals surface area contributed by atoms with Crippen LogP contribution in [0.15, 0.2) is 24.3 Å². The van der Waals surface area contributed by atoms with Crippen molar-refractivity contribution in [1.82, 2.24) is 0 Å². The van der Waals surface area contributed by atoms with E-state index in [1.165, 1.54) is 0 Å². The molecule has 0 heterocycles. The van der Waals surface area contributed by atoms with Crippen molar-refractivity contribution in [2.45, 2.75) is 18.9 Å². The van der Waals surface area contributed by atoms with Crippen LogP contribution in [0.2, 0.25) is 0 Å². The van der Waals surface area contributed by atoms with Crippen LogP contribution < -0.4 is 0 Å². The number of aromatic hydroxyl groups is 1. The zero-order chi connectivity index (χ0) is 9.68. The van der Waals surface area contributed by atoms with Gasteiger partial charge in [-0.05, 0) is 24.5 Å². The summed E-state index contributed by atoms with van der Waals surface area (Å²) < 4.78 is 0. The Balaban J connectivity index is 0.00000169. The number of aliphatic hydroxyl groups is 1. The van der Waals surface area contributed by atoms with Crippen molar-refractivity contribution in [1.29, 1.82) is 0 Å². The van der Waals surface area contributed by atoms with Crippen molar-refractivity contribution in [3.8, 4) is 5.75 Å². The Labute approximate surface area is 128 Å². The molecule has 1 unspecified atom stereocenters. The molecular weight excluding hydrogens is 459 g/mol. The molecule has 0 aliphatic heterocycles. The van der Waals surface area contributed by atoms with Gasteiger partial charge < -0.3 is 10.2 Å². The van der Waals surface area contributed by atoms with E-state index < -0.39 is 0 Å². The summed E-state index contributed by atoms with van der Waals surface area (Å²) in [6, 6.07) is 7.21. The SMILES string of the molecule is Oc1ccccc1CCC(O)CBr.[Ac]. The number of para-hydroxylation sites is 1. The normalized spacial score (nSPS) is 11.9. The van der Waals surface area contributed by atoms with Gasteiger partial charge in [0, 0.05) is 49.4 Å². The molecule has 0 aromatic heterocycles. The number of halogens is 1. The maximum Gasteiger partial charge on any atom is 0.118 e. The van der Waals surface area contributed by atoms with Crippen molar-refractivity contribution in [2.75, 3.05) is 5.33 Å². The van der Waals surface area contributed by atoms with Crippen molar-refractivity contribution in [3.63, 3.8) is 0 Å². The number of phenolic OH excluding ortho intramolecular Hbond substituents is 1. The maximum absolute atomic E-state index is 9.40. The molecule has 0 spiro atoms. The van der Waals surface area contributed by atoms with E-state index in [9.17, 15) is 10.2 Å². The third-order valence-electron chi connectivity index (χ3n) is 1.92. The second kappa shape index (κ2) is 8.10. The third kappa shape index (κ3) is 5.12. The second-order valence-electron chi connectivity index (χ2n) is 2.98. The first kappa shape index (κ1) is 14.9. The number of hydrogen-bond acceptors (Lipinski definition) is 2. The van der Waals surface area contributed by atoms with Crippen LogP contribution in [0.5, 0.6) is 5.75 Å². The number of rotatable bonds is 4. The minimum Gasteiger partial charge on any atom is -0.508 e. The number of aryl methyl sites for hydroxylation is 1. The van der Waals surface area contributed by atoms with Gasteiger partial charge in [-0.25, -0.2) is 0 Å². The molecule has 4 heteroatoms. The average Bonchev–Trinajstić information content (AvgIpc) is 2.16. The Hall–Kier alpha value is 0.902. The van der Waals surface area contributed by atoms with Crippen molar-refractivity contribution >= 4 is 15.9 Å². The summed E-state index contributed by atoms with van der Waals surface area (Å²) in [6.45, 7) is 0. The summed E-state index contributed by atoms with van der Waals surface area (Å²) in [5.74, 6) is 0.310. The summed E-state index contributed by atoms with van der Waals surface area (Å²) in [5.41, 5.74) is 0.891. The van der Waals surface area contributed by atoms with E-state index >= 15 is 0 Å². The molecule has 75 valence electrons. The zero-order valence-electron chi connectivity index (χ0n) is 7.86. The Morgan fingerprint density at radius 3 is 2.50 bits per heavy atom. The molecule has 0 amide bonds. The van der Waals surface area contributed by atoms with E-state index in [0.29, 0.717) is 23.9 Å². The van der Waals surface area contributed by atoms with Gasteiger partial charge in [0.05, 0.1) is 6.10 Å². The van der Waals surface area contributed by atoms with Crippen LogP contribution in [-0.2, 0) is 6.42 Å². The van der Waals surface area contributed by atoms with Crippen LogP contribution in [-0.4, -0.2) is 21.6 Å². The molecule has 14 heavy (non-hydrogen) atoms. The largest absolute Gasteiger partial charge is 0.508 e. The van der Waals surface area contributed by atoms with Crippen LogP contribution in [0.3, 0.4) is 0 Å². The molecule has 2 nitrogen and oxygen atoms in total. The first-order valence-corrected chi connectivity index (χ1v) is 5.37. The predicted octanol–water partition coefficient (Wildman–Crippen LogP) is 2.08. The van der Waals surface area contributed by atoms with Gasteiger partial charge in [0.15, 0.2) is 0 Å². The van der Waals surface area contributed by atoms with E-state index in [1.54, 1.807) is 12.1 Å². The van der Waals surface area contributed by atoms with E-state index in [2.05, 4.69) is 15.9 Å². The van der Waals surface area contributed by atoms with Gasteiger partial charge in [0.2, 0.25) is 0 Å². The molecule has 0 aliphatic rings. The number of alkyl halides is 1. The molecule has 0 fully saturated rings. The van der Waals surface area contributed by atoms with Gasteiger partial charge in [-0.15, -0.1) is 0 Å². The third-order valence-corrected chi connectivity index (χ3v) is 2.66. The fourth-order valence-corrected chi connectivity index (χ4v) is 1.45. The number of benzene rings is 1. The predicted molar refractivity (Wildman–Crippen MR) is 56.2 cm³/mol.